The Balaban J connectivity index is 1.67. The maximum absolute atomic E-state index is 11.5. The van der Waals surface area contributed by atoms with Crippen LogP contribution in [0, 0.1) is 0 Å². The number of rotatable bonds is 7. The summed E-state index contributed by atoms with van der Waals surface area (Å²) >= 11 is 0. The van der Waals surface area contributed by atoms with Gasteiger partial charge in [-0.3, -0.25) is 4.79 Å². The first kappa shape index (κ1) is 13.5. The largest absolute Gasteiger partial charge is 0.343 e. The van der Waals surface area contributed by atoms with E-state index in [9.17, 15) is 4.79 Å². The molecule has 1 unspecified atom stereocenters. The number of hydrogen-bond donors (Lipinski definition) is 0. The summed E-state index contributed by atoms with van der Waals surface area (Å²) in [4.78, 5) is 13.5. The van der Waals surface area contributed by atoms with Crippen LogP contribution in [0.3, 0.4) is 0 Å². The van der Waals surface area contributed by atoms with Crippen molar-refractivity contribution in [2.24, 2.45) is 5.10 Å². The van der Waals surface area contributed by atoms with E-state index in [0.29, 0.717) is 5.91 Å². The Morgan fingerprint density at radius 3 is 2.89 bits per heavy atom. The minimum absolute atomic E-state index is 0.353. The summed E-state index contributed by atoms with van der Waals surface area (Å²) in [5, 5.41) is 4.67. The maximum atomic E-state index is 11.5. The minimum atomic E-state index is 0.353. The highest BCUT2D eigenvalue weighted by Crippen LogP contribution is 2.18. The molecule has 1 atom stereocenters. The Kier molecular flexibility index (Phi) is 4.75. The smallest absolute Gasteiger partial charge is 0.222 e. The Hall–Kier alpha value is -0.900. The second-order valence-corrected chi connectivity index (χ2v) is 5.54. The zero-order chi connectivity index (χ0) is 12.8. The molecule has 0 bridgehead atoms. The normalized spacial score (nSPS) is 27.4. The predicted octanol–water partition coefficient (Wildman–Crippen LogP) is 2.01. The fraction of sp³-hybridized carbons (Fsp3) is 0.857. The molecule has 102 valence electrons. The molecule has 2 aliphatic rings. The van der Waals surface area contributed by atoms with E-state index < -0.39 is 0 Å². The number of nitrogens with zero attached hydrogens (tertiary/aromatic N) is 3. The molecule has 18 heavy (non-hydrogen) atoms. The molecule has 1 saturated heterocycles. The standard InChI is InChI=1S/C14H26N3O/c1-2-11-17(13-6-8-15-17)12-4-3-9-16-10-5-7-14(16)18/h8H,2-7,9-13H2,1H3/q+1. The highest BCUT2D eigenvalue weighted by Gasteiger charge is 2.29. The van der Waals surface area contributed by atoms with Crippen LogP contribution >= 0.6 is 0 Å². The summed E-state index contributed by atoms with van der Waals surface area (Å²) in [7, 11) is 0. The second-order valence-electron chi connectivity index (χ2n) is 5.54. The first-order valence-electron chi connectivity index (χ1n) is 7.44. The topological polar surface area (TPSA) is 32.7 Å². The van der Waals surface area contributed by atoms with Crippen molar-refractivity contribution in [1.82, 2.24) is 4.90 Å². The molecule has 4 heteroatoms. The van der Waals surface area contributed by atoms with Crippen LogP contribution in [-0.4, -0.2) is 54.3 Å². The van der Waals surface area contributed by atoms with Crippen molar-refractivity contribution in [3.05, 3.63) is 0 Å². The number of likely N-dealkylation sites (tertiary alicyclic amines) is 1. The fourth-order valence-corrected chi connectivity index (χ4v) is 3.10. The van der Waals surface area contributed by atoms with Crippen LogP contribution in [0.2, 0.25) is 0 Å². The van der Waals surface area contributed by atoms with E-state index in [1.807, 2.05) is 4.90 Å². The van der Waals surface area contributed by atoms with Crippen LogP contribution in [0.15, 0.2) is 5.10 Å². The van der Waals surface area contributed by atoms with Gasteiger partial charge in [-0.1, -0.05) is 12.0 Å². The lowest BCUT2D eigenvalue weighted by atomic mass is 10.2. The lowest BCUT2D eigenvalue weighted by Crippen LogP contribution is -2.42. The molecule has 0 aliphatic carbocycles. The van der Waals surface area contributed by atoms with Crippen molar-refractivity contribution in [1.29, 1.82) is 0 Å². The van der Waals surface area contributed by atoms with Crippen molar-refractivity contribution in [2.45, 2.75) is 45.4 Å². The van der Waals surface area contributed by atoms with E-state index in [2.05, 4.69) is 18.2 Å². The highest BCUT2D eigenvalue weighted by molar-refractivity contribution is 5.77. The molecule has 0 N–H and O–H groups in total. The molecule has 0 radical (unpaired) electrons. The zero-order valence-electron chi connectivity index (χ0n) is 11.6. The second kappa shape index (κ2) is 6.32. The summed E-state index contributed by atoms with van der Waals surface area (Å²) in [5.74, 6) is 0.353. The number of hydrogen-bond acceptors (Lipinski definition) is 2. The Labute approximate surface area is 110 Å². The van der Waals surface area contributed by atoms with Crippen LogP contribution < -0.4 is 0 Å². The summed E-state index contributed by atoms with van der Waals surface area (Å²) in [5.41, 5.74) is 0. The van der Waals surface area contributed by atoms with E-state index in [4.69, 9.17) is 0 Å². The summed E-state index contributed by atoms with van der Waals surface area (Å²) < 4.78 is 0.935. The lowest BCUT2D eigenvalue weighted by Gasteiger charge is -2.28. The van der Waals surface area contributed by atoms with Gasteiger partial charge in [0.25, 0.3) is 0 Å². The predicted molar refractivity (Wildman–Crippen MR) is 73.3 cm³/mol. The average Bonchev–Trinajstić information content (AvgIpc) is 2.96. The van der Waals surface area contributed by atoms with Crippen molar-refractivity contribution in [3.8, 4) is 0 Å². The van der Waals surface area contributed by atoms with E-state index in [-0.39, 0.29) is 0 Å². The Morgan fingerprint density at radius 2 is 2.28 bits per heavy atom. The van der Waals surface area contributed by atoms with Gasteiger partial charge in [0.15, 0.2) is 0 Å². The van der Waals surface area contributed by atoms with Gasteiger partial charge in [0, 0.05) is 32.4 Å². The minimum Gasteiger partial charge on any atom is -0.343 e. The number of quaternary nitrogens is 1. The number of amides is 1. The SMILES string of the molecule is CCC[N+]1(CCCCN2CCCC2=O)CCC=N1. The van der Waals surface area contributed by atoms with Crippen molar-refractivity contribution < 1.29 is 9.39 Å². The first-order chi connectivity index (χ1) is 8.76. The van der Waals surface area contributed by atoms with Gasteiger partial charge in [-0.05, 0) is 19.3 Å². The number of unbranched alkanes of at least 4 members (excludes halogenated alkanes) is 1. The molecule has 0 spiro atoms. The molecule has 1 fully saturated rings. The molecule has 0 aromatic rings. The summed E-state index contributed by atoms with van der Waals surface area (Å²) in [6.07, 6.45) is 8.54. The number of carbonyl (C=O) groups is 1. The van der Waals surface area contributed by atoms with Gasteiger partial charge in [-0.15, -0.1) is 0 Å². The maximum Gasteiger partial charge on any atom is 0.222 e. The third-order valence-corrected chi connectivity index (χ3v) is 4.06. The van der Waals surface area contributed by atoms with Gasteiger partial charge in [-0.2, -0.15) is 4.59 Å². The third-order valence-electron chi connectivity index (χ3n) is 4.06. The number of carbonyl (C=O) groups excluding carboxylic acids is 1. The molecule has 2 aliphatic heterocycles. The van der Waals surface area contributed by atoms with Crippen molar-refractivity contribution >= 4 is 12.1 Å². The quantitative estimate of drug-likeness (QED) is 0.504. The summed E-state index contributed by atoms with van der Waals surface area (Å²) in [6, 6.07) is 0. The van der Waals surface area contributed by atoms with E-state index >= 15 is 0 Å². The van der Waals surface area contributed by atoms with Gasteiger partial charge in [-0.25, -0.2) is 0 Å². The summed E-state index contributed by atoms with van der Waals surface area (Å²) in [6.45, 7) is 7.65. The molecule has 0 aromatic carbocycles. The van der Waals surface area contributed by atoms with Crippen LogP contribution in [0.25, 0.3) is 0 Å². The first-order valence-corrected chi connectivity index (χ1v) is 7.44. The van der Waals surface area contributed by atoms with E-state index in [0.717, 1.165) is 49.9 Å². The molecule has 2 heterocycles. The van der Waals surface area contributed by atoms with Crippen molar-refractivity contribution in [3.63, 3.8) is 0 Å². The highest BCUT2D eigenvalue weighted by atomic mass is 16.2. The van der Waals surface area contributed by atoms with Gasteiger partial charge < -0.3 is 4.90 Å². The van der Waals surface area contributed by atoms with Gasteiger partial charge in [0.05, 0.1) is 6.21 Å². The van der Waals surface area contributed by atoms with E-state index in [1.165, 1.54) is 25.9 Å². The van der Waals surface area contributed by atoms with Gasteiger partial charge in [0.2, 0.25) is 5.91 Å². The van der Waals surface area contributed by atoms with Gasteiger partial charge in [0.1, 0.15) is 19.6 Å². The molecule has 4 nitrogen and oxygen atoms in total. The van der Waals surface area contributed by atoms with Crippen LogP contribution in [-0.2, 0) is 4.79 Å². The molecule has 0 saturated carbocycles. The monoisotopic (exact) mass is 252 g/mol. The molecule has 0 aromatic heterocycles. The third kappa shape index (κ3) is 3.31. The Bertz CT molecular complexity index is 316. The molecule has 1 amide bonds. The molecular weight excluding hydrogens is 226 g/mol. The van der Waals surface area contributed by atoms with Crippen LogP contribution in [0.1, 0.15) is 45.4 Å². The zero-order valence-corrected chi connectivity index (χ0v) is 11.6. The Morgan fingerprint density at radius 1 is 1.39 bits per heavy atom. The molecule has 2 rings (SSSR count). The van der Waals surface area contributed by atoms with Crippen molar-refractivity contribution in [2.75, 3.05) is 32.7 Å². The fourth-order valence-electron chi connectivity index (χ4n) is 3.10. The average molecular weight is 252 g/mol. The lowest BCUT2D eigenvalue weighted by molar-refractivity contribution is -0.929. The van der Waals surface area contributed by atoms with Crippen LogP contribution in [0.5, 0.6) is 0 Å². The van der Waals surface area contributed by atoms with E-state index in [1.54, 1.807) is 0 Å². The van der Waals surface area contributed by atoms with Gasteiger partial charge >= 0.3 is 0 Å². The molecular formula is C14H26N3O+. The van der Waals surface area contributed by atoms with Crippen LogP contribution in [0.4, 0.5) is 0 Å².